The summed E-state index contributed by atoms with van der Waals surface area (Å²) >= 11 is 0. The fourth-order valence-corrected chi connectivity index (χ4v) is 1.67. The van der Waals surface area contributed by atoms with Gasteiger partial charge in [0.05, 0.1) is 17.5 Å². The third-order valence-electron chi connectivity index (χ3n) is 2.50. The van der Waals surface area contributed by atoms with E-state index in [1.165, 1.54) is 0 Å². The highest BCUT2D eigenvalue weighted by Crippen LogP contribution is 2.15. The summed E-state index contributed by atoms with van der Waals surface area (Å²) in [5, 5.41) is 0. The van der Waals surface area contributed by atoms with E-state index in [1.807, 2.05) is 18.2 Å². The van der Waals surface area contributed by atoms with Crippen molar-refractivity contribution in [3.05, 3.63) is 30.1 Å². The summed E-state index contributed by atoms with van der Waals surface area (Å²) in [6, 6.07) is 7.28. The molecule has 0 radical (unpaired) electrons. The van der Waals surface area contributed by atoms with Crippen LogP contribution in [0.15, 0.2) is 24.3 Å². The Labute approximate surface area is 97.1 Å². The molecule has 0 spiro atoms. The van der Waals surface area contributed by atoms with Crippen LogP contribution in [0.5, 0.6) is 0 Å². The molecule has 17 heavy (non-hydrogen) atoms. The Bertz CT molecular complexity index is 613. The smallest absolute Gasteiger partial charge is 0.206 e. The van der Waals surface area contributed by atoms with Gasteiger partial charge in [-0.25, -0.2) is 4.98 Å². The maximum atomic E-state index is 11.7. The number of carbonyl (C=O) groups is 3. The van der Waals surface area contributed by atoms with Gasteiger partial charge in [0.25, 0.3) is 0 Å². The highest BCUT2D eigenvalue weighted by molar-refractivity contribution is 6.31. The number of nitrogens with zero attached hydrogens (tertiary/aromatic N) is 2. The molecule has 0 N–H and O–H groups in total. The predicted molar refractivity (Wildman–Crippen MR) is 60.7 cm³/mol. The van der Waals surface area contributed by atoms with Crippen LogP contribution in [0.1, 0.15) is 17.0 Å². The first-order chi connectivity index (χ1) is 8.13. The van der Waals surface area contributed by atoms with Crippen LogP contribution in [0.2, 0.25) is 0 Å². The minimum absolute atomic E-state index is 0.153. The highest BCUT2D eigenvalue weighted by Gasteiger charge is 2.17. The van der Waals surface area contributed by atoms with Crippen LogP contribution in [-0.2, 0) is 16.6 Å². The fourth-order valence-electron chi connectivity index (χ4n) is 1.67. The maximum Gasteiger partial charge on any atom is 0.206 e. The Balaban J connectivity index is 2.42. The summed E-state index contributed by atoms with van der Waals surface area (Å²) in [7, 11) is 1.70. The largest absolute Gasteiger partial charge is 0.325 e. The lowest BCUT2D eigenvalue weighted by molar-refractivity contribution is -0.129. The molecule has 0 atom stereocenters. The van der Waals surface area contributed by atoms with E-state index in [-0.39, 0.29) is 12.1 Å². The van der Waals surface area contributed by atoms with Crippen LogP contribution in [0.3, 0.4) is 0 Å². The summed E-state index contributed by atoms with van der Waals surface area (Å²) in [4.78, 5) is 37.0. The van der Waals surface area contributed by atoms with Crippen molar-refractivity contribution in [3.8, 4) is 0 Å². The van der Waals surface area contributed by atoms with E-state index in [0.29, 0.717) is 5.52 Å². The summed E-state index contributed by atoms with van der Waals surface area (Å²) in [6.07, 6.45) is -0.277. The lowest BCUT2D eigenvalue weighted by atomic mass is 10.2. The van der Waals surface area contributed by atoms with Crippen molar-refractivity contribution < 1.29 is 14.4 Å². The van der Waals surface area contributed by atoms with E-state index in [0.717, 1.165) is 5.52 Å². The van der Waals surface area contributed by atoms with Crippen LogP contribution >= 0.6 is 0 Å². The molecule has 0 unspecified atom stereocenters. The van der Waals surface area contributed by atoms with Crippen LogP contribution in [0.4, 0.5) is 0 Å². The Hall–Kier alpha value is -2.30. The van der Waals surface area contributed by atoms with Crippen molar-refractivity contribution in [2.45, 2.75) is 6.42 Å². The summed E-state index contributed by atoms with van der Waals surface area (Å²) in [5.41, 5.74) is 1.51. The quantitative estimate of drug-likeness (QED) is 0.339. The number of aryl methyl sites for hydroxylation is 1. The Morgan fingerprint density at radius 2 is 2.06 bits per heavy atom. The second-order valence-corrected chi connectivity index (χ2v) is 3.67. The second kappa shape index (κ2) is 4.29. The van der Waals surface area contributed by atoms with Crippen LogP contribution in [0, 0.1) is 0 Å². The molecule has 1 aromatic carbocycles. The van der Waals surface area contributed by atoms with Crippen molar-refractivity contribution in [1.82, 2.24) is 9.55 Å². The number of Topliss-reactive ketones (excluding diaryl/α,β-unsaturated/α-hetero) is 2. The van der Waals surface area contributed by atoms with Crippen molar-refractivity contribution in [2.75, 3.05) is 0 Å². The van der Waals surface area contributed by atoms with Gasteiger partial charge in [-0.3, -0.25) is 14.4 Å². The molecule has 2 aromatic rings. The van der Waals surface area contributed by atoms with E-state index in [1.54, 1.807) is 17.7 Å². The topological polar surface area (TPSA) is 69.0 Å². The number of ketones is 2. The van der Waals surface area contributed by atoms with Gasteiger partial charge in [0.1, 0.15) is 0 Å². The molecular weight excluding hydrogens is 220 g/mol. The first kappa shape index (κ1) is 11.2. The number of hydrogen-bond donors (Lipinski definition) is 0. The predicted octanol–water partition coefficient (Wildman–Crippen LogP) is 0.914. The van der Waals surface area contributed by atoms with E-state index in [9.17, 15) is 14.4 Å². The third-order valence-corrected chi connectivity index (χ3v) is 2.50. The Kier molecular flexibility index (Phi) is 2.82. The van der Waals surface area contributed by atoms with Gasteiger partial charge in [-0.15, -0.1) is 0 Å². The average molecular weight is 230 g/mol. The molecule has 5 nitrogen and oxygen atoms in total. The van der Waals surface area contributed by atoms with E-state index >= 15 is 0 Å². The zero-order chi connectivity index (χ0) is 12.4. The van der Waals surface area contributed by atoms with Gasteiger partial charge in [0.15, 0.2) is 12.1 Å². The number of aldehydes is 1. The number of hydrogen-bond acceptors (Lipinski definition) is 4. The summed E-state index contributed by atoms with van der Waals surface area (Å²) in [6.45, 7) is 0. The van der Waals surface area contributed by atoms with Crippen molar-refractivity contribution in [3.63, 3.8) is 0 Å². The minimum atomic E-state index is -0.734. The number of rotatable bonds is 4. The molecule has 0 fully saturated rings. The van der Waals surface area contributed by atoms with E-state index in [2.05, 4.69) is 4.98 Å². The molecule has 2 rings (SSSR count). The summed E-state index contributed by atoms with van der Waals surface area (Å²) in [5.74, 6) is -0.982. The first-order valence-electron chi connectivity index (χ1n) is 5.06. The molecule has 0 aliphatic carbocycles. The molecule has 5 heteroatoms. The van der Waals surface area contributed by atoms with Crippen molar-refractivity contribution >= 4 is 28.9 Å². The number of imidazole rings is 1. The molecular formula is C12H10N2O3. The lowest BCUT2D eigenvalue weighted by Gasteiger charge is -1.98. The number of para-hydroxylation sites is 2. The van der Waals surface area contributed by atoms with Gasteiger partial charge < -0.3 is 4.57 Å². The molecule has 1 heterocycles. The number of fused-ring (bicyclic) bond motifs is 1. The molecule has 0 bridgehead atoms. The van der Waals surface area contributed by atoms with Crippen LogP contribution in [0.25, 0.3) is 11.0 Å². The van der Waals surface area contributed by atoms with Gasteiger partial charge in [-0.1, -0.05) is 12.1 Å². The number of benzene rings is 1. The second-order valence-electron chi connectivity index (χ2n) is 3.67. The molecule has 0 amide bonds. The average Bonchev–Trinajstić information content (AvgIpc) is 2.67. The first-order valence-corrected chi connectivity index (χ1v) is 5.06. The van der Waals surface area contributed by atoms with Crippen LogP contribution < -0.4 is 0 Å². The number of aromatic nitrogens is 2. The summed E-state index contributed by atoms with van der Waals surface area (Å²) < 4.78 is 1.62. The normalized spacial score (nSPS) is 10.4. The lowest BCUT2D eigenvalue weighted by Crippen LogP contribution is -2.13. The Morgan fingerprint density at radius 1 is 1.35 bits per heavy atom. The minimum Gasteiger partial charge on any atom is -0.325 e. The molecule has 86 valence electrons. The van der Waals surface area contributed by atoms with Crippen molar-refractivity contribution in [2.24, 2.45) is 7.05 Å². The van der Waals surface area contributed by atoms with Gasteiger partial charge in [-0.05, 0) is 12.1 Å². The SMILES string of the molecule is Cn1c(C(=O)CC(=O)C=O)nc2ccccc21. The van der Waals surface area contributed by atoms with E-state index < -0.39 is 18.0 Å². The van der Waals surface area contributed by atoms with Gasteiger partial charge >= 0.3 is 0 Å². The maximum absolute atomic E-state index is 11.7. The molecule has 0 aliphatic rings. The third kappa shape index (κ3) is 1.99. The number of carbonyl (C=O) groups excluding carboxylic acids is 3. The zero-order valence-corrected chi connectivity index (χ0v) is 9.21. The molecule has 0 saturated heterocycles. The van der Waals surface area contributed by atoms with Gasteiger partial charge in [0, 0.05) is 7.05 Å². The fraction of sp³-hybridized carbons (Fsp3) is 0.167. The monoisotopic (exact) mass is 230 g/mol. The van der Waals surface area contributed by atoms with E-state index in [4.69, 9.17) is 0 Å². The molecule has 0 aliphatic heterocycles. The van der Waals surface area contributed by atoms with Gasteiger partial charge in [0.2, 0.25) is 11.6 Å². The van der Waals surface area contributed by atoms with Gasteiger partial charge in [-0.2, -0.15) is 0 Å². The standard InChI is InChI=1S/C12H10N2O3/c1-14-10-5-3-2-4-9(10)13-12(14)11(17)6-8(16)7-15/h2-5,7H,6H2,1H3. The Morgan fingerprint density at radius 3 is 2.71 bits per heavy atom. The molecule has 0 saturated carbocycles. The zero-order valence-electron chi connectivity index (χ0n) is 9.21. The van der Waals surface area contributed by atoms with Crippen LogP contribution in [-0.4, -0.2) is 27.4 Å². The highest BCUT2D eigenvalue weighted by atomic mass is 16.2. The molecule has 1 aromatic heterocycles. The van der Waals surface area contributed by atoms with Crippen molar-refractivity contribution in [1.29, 1.82) is 0 Å².